The first-order chi connectivity index (χ1) is 14.8. The maximum Gasteiger partial charge on any atom is 0.416 e. The number of alkyl halides is 3. The van der Waals surface area contributed by atoms with Gasteiger partial charge < -0.3 is 9.88 Å². The van der Waals surface area contributed by atoms with Crippen LogP contribution in [0.2, 0.25) is 0 Å². The number of H-pyrrole nitrogens is 1. The normalized spacial score (nSPS) is 11.5. The Kier molecular flexibility index (Phi) is 5.29. The number of hydrogen-bond acceptors (Lipinski definition) is 3. The lowest BCUT2D eigenvalue weighted by atomic mass is 10.1. The summed E-state index contributed by atoms with van der Waals surface area (Å²) in [5, 5.41) is 0.635. The van der Waals surface area contributed by atoms with Crippen molar-refractivity contribution in [2.75, 3.05) is 4.90 Å². The summed E-state index contributed by atoms with van der Waals surface area (Å²) >= 11 is 0. The van der Waals surface area contributed by atoms with E-state index in [-0.39, 0.29) is 17.8 Å². The van der Waals surface area contributed by atoms with Gasteiger partial charge in [0, 0.05) is 23.6 Å². The molecule has 0 spiro atoms. The summed E-state index contributed by atoms with van der Waals surface area (Å²) in [6.07, 6.45) is -1.51. The number of anilines is 1. The number of hydrogen-bond donors (Lipinski definition) is 1. The van der Waals surface area contributed by atoms with E-state index in [2.05, 4.69) is 9.97 Å². The molecule has 0 fully saturated rings. The zero-order chi connectivity index (χ0) is 22.0. The fourth-order valence-electron chi connectivity index (χ4n) is 3.26. The molecule has 2 heterocycles. The summed E-state index contributed by atoms with van der Waals surface area (Å²) in [6.45, 7) is -0.0553. The third kappa shape index (κ3) is 4.32. The second-order valence-electron chi connectivity index (χ2n) is 6.90. The van der Waals surface area contributed by atoms with Gasteiger partial charge in [0.2, 0.25) is 0 Å². The molecule has 1 amide bonds. The van der Waals surface area contributed by atoms with Crippen LogP contribution in [0.4, 0.5) is 18.9 Å². The SMILES string of the molecule is O=C(c1cc2ccccc2[nH]c1=O)N(Cc1cccnc1)c1cccc(C(F)(F)F)c1. The first-order valence-electron chi connectivity index (χ1n) is 9.33. The number of carbonyl (C=O) groups is 1. The molecule has 156 valence electrons. The number of benzene rings is 2. The van der Waals surface area contributed by atoms with Crippen LogP contribution in [-0.2, 0) is 12.7 Å². The van der Waals surface area contributed by atoms with Crippen LogP contribution >= 0.6 is 0 Å². The quantitative estimate of drug-likeness (QED) is 0.513. The van der Waals surface area contributed by atoms with E-state index >= 15 is 0 Å². The van der Waals surface area contributed by atoms with E-state index in [1.807, 2.05) is 0 Å². The lowest BCUT2D eigenvalue weighted by Gasteiger charge is -2.24. The average molecular weight is 423 g/mol. The number of pyridine rings is 2. The van der Waals surface area contributed by atoms with Crippen LogP contribution in [0.3, 0.4) is 0 Å². The predicted octanol–water partition coefficient (Wildman–Crippen LogP) is 4.79. The molecule has 0 unspecified atom stereocenters. The number of aromatic amines is 1. The summed E-state index contributed by atoms with van der Waals surface area (Å²) in [6, 6.07) is 16.2. The Morgan fingerprint density at radius 3 is 2.55 bits per heavy atom. The molecule has 0 saturated heterocycles. The van der Waals surface area contributed by atoms with Crippen LogP contribution < -0.4 is 10.5 Å². The van der Waals surface area contributed by atoms with Crippen LogP contribution in [0.5, 0.6) is 0 Å². The second-order valence-corrected chi connectivity index (χ2v) is 6.90. The van der Waals surface area contributed by atoms with Gasteiger partial charge in [-0.3, -0.25) is 14.6 Å². The third-order valence-electron chi connectivity index (χ3n) is 4.78. The zero-order valence-electron chi connectivity index (χ0n) is 16.1. The summed E-state index contributed by atoms with van der Waals surface area (Å²) in [5.74, 6) is -0.713. The molecule has 4 aromatic rings. The van der Waals surface area contributed by atoms with Crippen molar-refractivity contribution in [3.05, 3.63) is 106 Å². The highest BCUT2D eigenvalue weighted by atomic mass is 19.4. The van der Waals surface area contributed by atoms with Gasteiger partial charge in [-0.25, -0.2) is 0 Å². The van der Waals surface area contributed by atoms with Gasteiger partial charge in [-0.15, -0.1) is 0 Å². The number of nitrogens with one attached hydrogen (secondary N) is 1. The molecule has 2 aromatic heterocycles. The molecule has 5 nitrogen and oxygen atoms in total. The van der Waals surface area contributed by atoms with Crippen molar-refractivity contribution in [3.63, 3.8) is 0 Å². The summed E-state index contributed by atoms with van der Waals surface area (Å²) < 4.78 is 39.8. The maximum absolute atomic E-state index is 13.4. The first-order valence-corrected chi connectivity index (χ1v) is 9.33. The Hall–Kier alpha value is -3.94. The van der Waals surface area contributed by atoms with Crippen molar-refractivity contribution in [1.82, 2.24) is 9.97 Å². The van der Waals surface area contributed by atoms with E-state index in [4.69, 9.17) is 0 Å². The summed E-state index contributed by atoms with van der Waals surface area (Å²) in [5.41, 5.74) is -0.489. The Morgan fingerprint density at radius 1 is 1.00 bits per heavy atom. The van der Waals surface area contributed by atoms with E-state index < -0.39 is 23.2 Å². The van der Waals surface area contributed by atoms with Crippen molar-refractivity contribution >= 4 is 22.5 Å². The number of fused-ring (bicyclic) bond motifs is 1. The molecule has 0 aliphatic heterocycles. The third-order valence-corrected chi connectivity index (χ3v) is 4.78. The van der Waals surface area contributed by atoms with Gasteiger partial charge in [0.05, 0.1) is 12.1 Å². The fraction of sp³-hybridized carbons (Fsp3) is 0.0870. The molecule has 0 radical (unpaired) electrons. The average Bonchev–Trinajstić information content (AvgIpc) is 2.77. The highest BCUT2D eigenvalue weighted by Crippen LogP contribution is 2.32. The van der Waals surface area contributed by atoms with Crippen molar-refractivity contribution < 1.29 is 18.0 Å². The van der Waals surface area contributed by atoms with E-state index in [0.29, 0.717) is 16.5 Å². The van der Waals surface area contributed by atoms with Gasteiger partial charge >= 0.3 is 6.18 Å². The molecular weight excluding hydrogens is 407 g/mol. The molecule has 1 N–H and O–H groups in total. The second kappa shape index (κ2) is 8.06. The molecule has 0 atom stereocenters. The van der Waals surface area contributed by atoms with Crippen LogP contribution in [-0.4, -0.2) is 15.9 Å². The molecule has 8 heteroatoms. The lowest BCUT2D eigenvalue weighted by Crippen LogP contribution is -2.34. The Bertz CT molecular complexity index is 1300. The van der Waals surface area contributed by atoms with Crippen molar-refractivity contribution in [1.29, 1.82) is 0 Å². The first kappa shape index (κ1) is 20.3. The number of aromatic nitrogens is 2. The number of halogens is 3. The Balaban J connectivity index is 1.82. The van der Waals surface area contributed by atoms with Gasteiger partial charge in [0.15, 0.2) is 0 Å². The van der Waals surface area contributed by atoms with Crippen molar-refractivity contribution in [3.8, 4) is 0 Å². The van der Waals surface area contributed by atoms with Gasteiger partial charge in [-0.1, -0.05) is 30.3 Å². The summed E-state index contributed by atoms with van der Waals surface area (Å²) in [4.78, 5) is 33.8. The minimum atomic E-state index is -4.57. The zero-order valence-corrected chi connectivity index (χ0v) is 16.1. The molecule has 31 heavy (non-hydrogen) atoms. The van der Waals surface area contributed by atoms with Gasteiger partial charge in [-0.2, -0.15) is 13.2 Å². The molecule has 0 aliphatic carbocycles. The van der Waals surface area contributed by atoms with Crippen molar-refractivity contribution in [2.45, 2.75) is 12.7 Å². The fourth-order valence-corrected chi connectivity index (χ4v) is 3.26. The lowest BCUT2D eigenvalue weighted by molar-refractivity contribution is -0.137. The number of amides is 1. The number of carbonyl (C=O) groups excluding carboxylic acids is 1. The maximum atomic E-state index is 13.4. The topological polar surface area (TPSA) is 66.1 Å². The van der Waals surface area contributed by atoms with E-state index in [9.17, 15) is 22.8 Å². The molecule has 2 aromatic carbocycles. The molecule has 0 bridgehead atoms. The number of para-hydroxylation sites is 1. The van der Waals surface area contributed by atoms with Crippen LogP contribution in [0.25, 0.3) is 10.9 Å². The van der Waals surface area contributed by atoms with Crippen LogP contribution in [0, 0.1) is 0 Å². The van der Waals surface area contributed by atoms with Crippen LogP contribution in [0.1, 0.15) is 21.5 Å². The molecule has 4 rings (SSSR count). The standard InChI is InChI=1S/C23H16F3N3O2/c24-23(25,26)17-7-3-8-18(12-17)29(14-15-5-4-10-27-13-15)22(31)19-11-16-6-1-2-9-20(16)28-21(19)30/h1-13H,14H2,(H,28,30). The van der Waals surface area contributed by atoms with E-state index in [1.54, 1.807) is 42.6 Å². The van der Waals surface area contributed by atoms with Gasteiger partial charge in [-0.05, 0) is 47.3 Å². The van der Waals surface area contributed by atoms with Crippen molar-refractivity contribution in [2.24, 2.45) is 0 Å². The van der Waals surface area contributed by atoms with Gasteiger partial charge in [0.1, 0.15) is 5.56 Å². The van der Waals surface area contributed by atoms with E-state index in [0.717, 1.165) is 17.0 Å². The number of rotatable bonds is 4. The smallest absolute Gasteiger partial charge is 0.321 e. The molecule has 0 saturated carbocycles. The Morgan fingerprint density at radius 2 is 1.81 bits per heavy atom. The predicted molar refractivity (Wildman–Crippen MR) is 111 cm³/mol. The highest BCUT2D eigenvalue weighted by Gasteiger charge is 2.31. The molecular formula is C23H16F3N3O2. The van der Waals surface area contributed by atoms with E-state index in [1.165, 1.54) is 24.4 Å². The molecule has 0 aliphatic rings. The number of nitrogens with zero attached hydrogens (tertiary/aromatic N) is 2. The summed E-state index contributed by atoms with van der Waals surface area (Å²) in [7, 11) is 0. The Labute approximate surface area is 174 Å². The minimum absolute atomic E-state index is 0.0243. The largest absolute Gasteiger partial charge is 0.416 e. The monoisotopic (exact) mass is 423 g/mol. The van der Waals surface area contributed by atoms with Gasteiger partial charge in [0.25, 0.3) is 11.5 Å². The van der Waals surface area contributed by atoms with Crippen LogP contribution in [0.15, 0.2) is 83.9 Å². The minimum Gasteiger partial charge on any atom is -0.321 e. The highest BCUT2D eigenvalue weighted by molar-refractivity contribution is 6.07.